The Kier molecular flexibility index (Phi) is 3.88. The zero-order valence-electron chi connectivity index (χ0n) is 12.2. The number of nitrogens with zero attached hydrogens (tertiary/aromatic N) is 2. The van der Waals surface area contributed by atoms with E-state index in [9.17, 15) is 9.90 Å². The van der Waals surface area contributed by atoms with E-state index in [2.05, 4.69) is 16.8 Å². The number of rotatable bonds is 3. The molecule has 2 aromatic rings. The molecule has 1 aromatic carbocycles. The van der Waals surface area contributed by atoms with Gasteiger partial charge in [-0.15, -0.1) is 0 Å². The molecule has 2 heterocycles. The van der Waals surface area contributed by atoms with E-state index in [-0.39, 0.29) is 0 Å². The van der Waals surface area contributed by atoms with E-state index >= 15 is 0 Å². The third-order valence-corrected chi connectivity index (χ3v) is 4.26. The highest BCUT2D eigenvalue weighted by atomic mass is 16.4. The Morgan fingerprint density at radius 1 is 1.33 bits per heavy atom. The van der Waals surface area contributed by atoms with Gasteiger partial charge in [0.1, 0.15) is 0 Å². The van der Waals surface area contributed by atoms with Crippen molar-refractivity contribution in [2.24, 2.45) is 5.92 Å². The molecular formula is C17H20N2O2. The maximum absolute atomic E-state index is 11.5. The summed E-state index contributed by atoms with van der Waals surface area (Å²) in [5, 5.41) is 10.1. The molecule has 0 atom stereocenters. The smallest absolute Gasteiger partial charge is 0.336 e. The second kappa shape index (κ2) is 5.82. The van der Waals surface area contributed by atoms with Crippen LogP contribution in [0.25, 0.3) is 10.9 Å². The average Bonchev–Trinajstić information content (AvgIpc) is 2.48. The van der Waals surface area contributed by atoms with Gasteiger partial charge in [-0.3, -0.25) is 9.88 Å². The zero-order valence-corrected chi connectivity index (χ0v) is 12.2. The molecule has 4 heteroatoms. The number of hydrogen-bond donors (Lipinski definition) is 1. The van der Waals surface area contributed by atoms with Crippen LogP contribution in [-0.2, 0) is 6.54 Å². The number of hydrogen-bond acceptors (Lipinski definition) is 3. The van der Waals surface area contributed by atoms with Crippen LogP contribution in [-0.4, -0.2) is 34.0 Å². The molecule has 4 nitrogen and oxygen atoms in total. The van der Waals surface area contributed by atoms with Crippen molar-refractivity contribution >= 4 is 16.9 Å². The van der Waals surface area contributed by atoms with Gasteiger partial charge in [-0.2, -0.15) is 0 Å². The SMILES string of the molecule is CC1CCN(Cc2cc(C(=O)O)c3ccccc3n2)CC1. The largest absolute Gasteiger partial charge is 0.478 e. The van der Waals surface area contributed by atoms with Crippen LogP contribution in [0.3, 0.4) is 0 Å². The van der Waals surface area contributed by atoms with E-state index in [1.54, 1.807) is 6.07 Å². The zero-order chi connectivity index (χ0) is 14.8. The Labute approximate surface area is 124 Å². The number of carbonyl (C=O) groups is 1. The Morgan fingerprint density at radius 2 is 2.05 bits per heavy atom. The Balaban J connectivity index is 1.90. The summed E-state index contributed by atoms with van der Waals surface area (Å²) >= 11 is 0. The quantitative estimate of drug-likeness (QED) is 0.940. The maximum atomic E-state index is 11.5. The predicted octanol–water partition coefficient (Wildman–Crippen LogP) is 3.16. The number of aromatic carboxylic acids is 1. The molecule has 1 fully saturated rings. The van der Waals surface area contributed by atoms with Crippen LogP contribution in [0.4, 0.5) is 0 Å². The fraction of sp³-hybridized carbons (Fsp3) is 0.412. The first-order chi connectivity index (χ1) is 10.1. The van der Waals surface area contributed by atoms with Crippen LogP contribution in [0, 0.1) is 5.92 Å². The fourth-order valence-corrected chi connectivity index (χ4v) is 2.94. The van der Waals surface area contributed by atoms with E-state index in [1.165, 1.54) is 12.8 Å². The molecule has 1 saturated heterocycles. The topological polar surface area (TPSA) is 53.4 Å². The van der Waals surface area contributed by atoms with Gasteiger partial charge in [0.15, 0.2) is 0 Å². The lowest BCUT2D eigenvalue weighted by molar-refractivity contribution is 0.0698. The van der Waals surface area contributed by atoms with E-state index in [4.69, 9.17) is 0 Å². The molecule has 0 aliphatic carbocycles. The molecule has 0 spiro atoms. The lowest BCUT2D eigenvalue weighted by Crippen LogP contribution is -2.32. The number of piperidine rings is 1. The summed E-state index contributed by atoms with van der Waals surface area (Å²) in [4.78, 5) is 18.5. The molecule has 3 rings (SSSR count). The van der Waals surface area contributed by atoms with Crippen LogP contribution in [0.5, 0.6) is 0 Å². The van der Waals surface area contributed by atoms with Gasteiger partial charge in [-0.1, -0.05) is 25.1 Å². The van der Waals surface area contributed by atoms with Gasteiger partial charge in [0.05, 0.1) is 16.8 Å². The van der Waals surface area contributed by atoms with Gasteiger partial charge in [-0.25, -0.2) is 4.79 Å². The number of para-hydroxylation sites is 1. The average molecular weight is 284 g/mol. The first kappa shape index (κ1) is 14.0. The summed E-state index contributed by atoms with van der Waals surface area (Å²) in [6, 6.07) is 9.17. The molecule has 1 aliphatic rings. The second-order valence-corrected chi connectivity index (χ2v) is 5.94. The maximum Gasteiger partial charge on any atom is 0.336 e. The molecule has 0 amide bonds. The number of benzene rings is 1. The van der Waals surface area contributed by atoms with Gasteiger partial charge in [-0.05, 0) is 44.0 Å². The van der Waals surface area contributed by atoms with Gasteiger partial charge in [0.2, 0.25) is 0 Å². The third kappa shape index (κ3) is 3.05. The van der Waals surface area contributed by atoms with Crippen LogP contribution in [0.15, 0.2) is 30.3 Å². The summed E-state index contributed by atoms with van der Waals surface area (Å²) in [6.07, 6.45) is 2.42. The first-order valence-electron chi connectivity index (χ1n) is 7.48. The molecule has 0 bridgehead atoms. The predicted molar refractivity (Wildman–Crippen MR) is 82.4 cm³/mol. The molecule has 110 valence electrons. The standard InChI is InChI=1S/C17H20N2O2/c1-12-6-8-19(9-7-12)11-13-10-15(17(20)21)14-4-2-3-5-16(14)18-13/h2-5,10,12H,6-9,11H2,1H3,(H,20,21). The highest BCUT2D eigenvalue weighted by molar-refractivity contribution is 6.02. The molecule has 0 saturated carbocycles. The lowest BCUT2D eigenvalue weighted by Gasteiger charge is -2.29. The number of pyridine rings is 1. The van der Waals surface area contributed by atoms with Gasteiger partial charge in [0, 0.05) is 11.9 Å². The Bertz CT molecular complexity index is 661. The first-order valence-corrected chi connectivity index (χ1v) is 7.48. The number of fused-ring (bicyclic) bond motifs is 1. The van der Waals surface area contributed by atoms with Crippen molar-refractivity contribution in [3.05, 3.63) is 41.6 Å². The minimum atomic E-state index is -0.887. The van der Waals surface area contributed by atoms with Crippen molar-refractivity contribution in [2.45, 2.75) is 26.3 Å². The van der Waals surface area contributed by atoms with Crippen LogP contribution < -0.4 is 0 Å². The van der Waals surface area contributed by atoms with Crippen LogP contribution >= 0.6 is 0 Å². The molecular weight excluding hydrogens is 264 g/mol. The summed E-state index contributed by atoms with van der Waals surface area (Å²) in [5.74, 6) is -0.0949. The molecule has 1 aromatic heterocycles. The van der Waals surface area contributed by atoms with E-state index in [0.717, 1.165) is 36.8 Å². The summed E-state index contributed by atoms with van der Waals surface area (Å²) < 4.78 is 0. The van der Waals surface area contributed by atoms with Crippen molar-refractivity contribution < 1.29 is 9.90 Å². The summed E-state index contributed by atoms with van der Waals surface area (Å²) in [7, 11) is 0. The van der Waals surface area contributed by atoms with Crippen molar-refractivity contribution in [1.82, 2.24) is 9.88 Å². The van der Waals surface area contributed by atoms with Gasteiger partial charge < -0.3 is 5.11 Å². The highest BCUT2D eigenvalue weighted by Crippen LogP contribution is 2.21. The van der Waals surface area contributed by atoms with Crippen molar-refractivity contribution in [3.63, 3.8) is 0 Å². The fourth-order valence-electron chi connectivity index (χ4n) is 2.94. The van der Waals surface area contributed by atoms with Crippen molar-refractivity contribution in [1.29, 1.82) is 0 Å². The number of carboxylic acids is 1. The molecule has 1 N–H and O–H groups in total. The molecule has 21 heavy (non-hydrogen) atoms. The molecule has 0 radical (unpaired) electrons. The van der Waals surface area contributed by atoms with Crippen molar-refractivity contribution in [3.8, 4) is 0 Å². The minimum absolute atomic E-state index is 0.348. The number of aromatic nitrogens is 1. The normalized spacial score (nSPS) is 17.2. The van der Waals surface area contributed by atoms with Crippen LogP contribution in [0.2, 0.25) is 0 Å². The van der Waals surface area contributed by atoms with Gasteiger partial charge in [0.25, 0.3) is 0 Å². The Hall–Kier alpha value is -1.94. The van der Waals surface area contributed by atoms with E-state index in [1.807, 2.05) is 24.3 Å². The third-order valence-electron chi connectivity index (χ3n) is 4.26. The monoisotopic (exact) mass is 284 g/mol. The summed E-state index contributed by atoms with van der Waals surface area (Å²) in [6.45, 7) is 5.15. The minimum Gasteiger partial charge on any atom is -0.478 e. The van der Waals surface area contributed by atoms with Crippen LogP contribution in [0.1, 0.15) is 35.8 Å². The Morgan fingerprint density at radius 3 is 2.76 bits per heavy atom. The van der Waals surface area contributed by atoms with Crippen molar-refractivity contribution in [2.75, 3.05) is 13.1 Å². The summed E-state index contributed by atoms with van der Waals surface area (Å²) in [5.41, 5.74) is 1.96. The molecule has 0 unspecified atom stereocenters. The number of likely N-dealkylation sites (tertiary alicyclic amines) is 1. The highest BCUT2D eigenvalue weighted by Gasteiger charge is 2.18. The van der Waals surface area contributed by atoms with E-state index < -0.39 is 5.97 Å². The lowest BCUT2D eigenvalue weighted by atomic mass is 9.99. The molecule has 1 aliphatic heterocycles. The van der Waals surface area contributed by atoms with Gasteiger partial charge >= 0.3 is 5.97 Å². The second-order valence-electron chi connectivity index (χ2n) is 5.94. The number of carboxylic acid groups (broad SMARTS) is 1. The van der Waals surface area contributed by atoms with E-state index in [0.29, 0.717) is 10.9 Å².